The molecule has 2 aliphatic heterocycles. The van der Waals surface area contributed by atoms with E-state index < -0.39 is 22.9 Å². The number of pyridine rings is 1. The molecule has 29 heavy (non-hydrogen) atoms. The van der Waals surface area contributed by atoms with Crippen molar-refractivity contribution >= 4 is 22.5 Å². The van der Waals surface area contributed by atoms with Crippen molar-refractivity contribution in [3.63, 3.8) is 0 Å². The molecule has 0 spiro atoms. The lowest BCUT2D eigenvalue weighted by molar-refractivity contribution is -0.191. The van der Waals surface area contributed by atoms with Crippen molar-refractivity contribution in [3.05, 3.63) is 36.0 Å². The van der Waals surface area contributed by atoms with E-state index in [0.29, 0.717) is 35.2 Å². The van der Waals surface area contributed by atoms with Gasteiger partial charge in [-0.1, -0.05) is 0 Å². The lowest BCUT2D eigenvalue weighted by Crippen LogP contribution is -2.59. The predicted molar refractivity (Wildman–Crippen MR) is 99.0 cm³/mol. The molecule has 2 unspecified atom stereocenters. The van der Waals surface area contributed by atoms with E-state index in [9.17, 15) is 23.2 Å². The number of aromatic nitrogens is 1. The summed E-state index contributed by atoms with van der Waals surface area (Å²) in [6.07, 6.45) is -3.11. The van der Waals surface area contributed by atoms with Crippen molar-refractivity contribution in [1.82, 2.24) is 15.6 Å². The van der Waals surface area contributed by atoms with E-state index in [-0.39, 0.29) is 25.6 Å². The standard InChI is InChI=1S/C20H18F3N5O/c21-20(22,23)19-9-18(19,17(29)27-13-7-25-8-13)10-28(11-19)15-4-3-12(6-24)16-14(15)2-1-5-26-16/h1-5,13,25H,7-11H2,(H,27,29). The number of halogens is 3. The van der Waals surface area contributed by atoms with Crippen molar-refractivity contribution in [2.45, 2.75) is 18.6 Å². The number of rotatable bonds is 3. The van der Waals surface area contributed by atoms with Crippen LogP contribution in [0.5, 0.6) is 0 Å². The number of anilines is 1. The quantitative estimate of drug-likeness (QED) is 0.822. The second-order valence-electron chi connectivity index (χ2n) is 8.17. The number of piperidine rings is 1. The van der Waals surface area contributed by atoms with Gasteiger partial charge in [-0.3, -0.25) is 9.78 Å². The minimum atomic E-state index is -4.47. The van der Waals surface area contributed by atoms with E-state index in [1.54, 1.807) is 35.4 Å². The Bertz CT molecular complexity index is 1060. The van der Waals surface area contributed by atoms with Gasteiger partial charge in [0.2, 0.25) is 5.91 Å². The fourth-order valence-corrected chi connectivity index (χ4v) is 4.83. The average molecular weight is 401 g/mol. The summed E-state index contributed by atoms with van der Waals surface area (Å²) in [5.74, 6) is -0.514. The number of alkyl halides is 3. The van der Waals surface area contributed by atoms with E-state index in [4.69, 9.17) is 0 Å². The smallest absolute Gasteiger partial charge is 0.369 e. The highest BCUT2D eigenvalue weighted by molar-refractivity contribution is 5.97. The number of nitrogens with zero attached hydrogens (tertiary/aromatic N) is 3. The summed E-state index contributed by atoms with van der Waals surface area (Å²) in [5, 5.41) is 15.7. The Balaban J connectivity index is 1.54. The molecule has 3 aliphatic rings. The van der Waals surface area contributed by atoms with Gasteiger partial charge in [-0.2, -0.15) is 18.4 Å². The molecule has 1 aliphatic carbocycles. The summed E-state index contributed by atoms with van der Waals surface area (Å²) in [4.78, 5) is 18.7. The van der Waals surface area contributed by atoms with Gasteiger partial charge in [-0.05, 0) is 30.7 Å². The zero-order chi connectivity index (χ0) is 20.4. The number of hydrogen-bond donors (Lipinski definition) is 2. The molecule has 9 heteroatoms. The first kappa shape index (κ1) is 18.2. The van der Waals surface area contributed by atoms with Crippen molar-refractivity contribution in [3.8, 4) is 6.07 Å². The van der Waals surface area contributed by atoms with Crippen LogP contribution in [0, 0.1) is 22.2 Å². The molecule has 1 aromatic carbocycles. The SMILES string of the molecule is N#Cc1ccc(N2CC3(C(=O)NC4CNC4)CC3(C(F)(F)F)C2)c2cccnc12. The van der Waals surface area contributed by atoms with Gasteiger partial charge in [0, 0.05) is 43.4 Å². The molecule has 0 radical (unpaired) electrons. The number of carbonyl (C=O) groups is 1. The summed E-state index contributed by atoms with van der Waals surface area (Å²) in [6, 6.07) is 8.61. The molecular weight excluding hydrogens is 383 g/mol. The van der Waals surface area contributed by atoms with Crippen LogP contribution in [0.2, 0.25) is 0 Å². The number of carbonyl (C=O) groups excluding carboxylic acids is 1. The van der Waals surface area contributed by atoms with Crippen LogP contribution in [-0.2, 0) is 4.79 Å². The molecule has 1 aromatic heterocycles. The van der Waals surface area contributed by atoms with E-state index >= 15 is 0 Å². The summed E-state index contributed by atoms with van der Waals surface area (Å²) in [7, 11) is 0. The maximum Gasteiger partial charge on any atom is 0.397 e. The van der Waals surface area contributed by atoms with Gasteiger partial charge in [0.25, 0.3) is 0 Å². The van der Waals surface area contributed by atoms with Crippen molar-refractivity contribution in [2.24, 2.45) is 10.8 Å². The number of fused-ring (bicyclic) bond motifs is 2. The summed E-state index contributed by atoms with van der Waals surface area (Å²) in [6.45, 7) is 0.879. The summed E-state index contributed by atoms with van der Waals surface area (Å²) < 4.78 is 42.2. The minimum absolute atomic E-state index is 0.00557. The normalized spacial score (nSPS) is 28.6. The molecule has 5 rings (SSSR count). The summed E-state index contributed by atoms with van der Waals surface area (Å²) >= 11 is 0. The van der Waals surface area contributed by atoms with Gasteiger partial charge < -0.3 is 15.5 Å². The second kappa shape index (κ2) is 5.83. The fraction of sp³-hybridized carbons (Fsp3) is 0.450. The first-order valence-electron chi connectivity index (χ1n) is 9.43. The molecule has 150 valence electrons. The van der Waals surface area contributed by atoms with Crippen LogP contribution < -0.4 is 15.5 Å². The molecule has 3 fully saturated rings. The summed E-state index contributed by atoms with van der Waals surface area (Å²) in [5.41, 5.74) is -2.12. The fourth-order valence-electron chi connectivity index (χ4n) is 4.83. The van der Waals surface area contributed by atoms with Crippen LogP contribution in [-0.4, -0.2) is 49.3 Å². The largest absolute Gasteiger partial charge is 0.397 e. The van der Waals surface area contributed by atoms with Gasteiger partial charge in [0.1, 0.15) is 11.5 Å². The molecule has 2 aromatic rings. The first-order chi connectivity index (χ1) is 13.8. The molecule has 2 saturated heterocycles. The van der Waals surface area contributed by atoms with Crippen molar-refractivity contribution < 1.29 is 18.0 Å². The molecule has 2 N–H and O–H groups in total. The maximum absolute atomic E-state index is 14.1. The molecule has 0 bridgehead atoms. The van der Waals surface area contributed by atoms with Crippen LogP contribution >= 0.6 is 0 Å². The van der Waals surface area contributed by atoms with E-state index in [1.807, 2.05) is 0 Å². The van der Waals surface area contributed by atoms with Gasteiger partial charge in [0.05, 0.1) is 22.5 Å². The Hall–Kier alpha value is -2.86. The van der Waals surface area contributed by atoms with Crippen LogP contribution in [0.1, 0.15) is 12.0 Å². The Morgan fingerprint density at radius 3 is 2.76 bits per heavy atom. The van der Waals surface area contributed by atoms with Crippen molar-refractivity contribution in [2.75, 3.05) is 31.1 Å². The third-order valence-corrected chi connectivity index (χ3v) is 6.62. The lowest BCUT2D eigenvalue weighted by Gasteiger charge is -2.30. The second-order valence-corrected chi connectivity index (χ2v) is 8.17. The Morgan fingerprint density at radius 1 is 1.31 bits per heavy atom. The highest BCUT2D eigenvalue weighted by Gasteiger charge is 2.86. The van der Waals surface area contributed by atoms with E-state index in [0.717, 1.165) is 0 Å². The predicted octanol–water partition coefficient (Wildman–Crippen LogP) is 1.95. The van der Waals surface area contributed by atoms with Gasteiger partial charge in [-0.25, -0.2) is 0 Å². The molecule has 3 heterocycles. The molecule has 2 atom stereocenters. The van der Waals surface area contributed by atoms with Crippen molar-refractivity contribution in [1.29, 1.82) is 5.26 Å². The third-order valence-electron chi connectivity index (χ3n) is 6.62. The van der Waals surface area contributed by atoms with Gasteiger partial charge >= 0.3 is 6.18 Å². The maximum atomic E-state index is 14.1. The van der Waals surface area contributed by atoms with Crippen LogP contribution in [0.3, 0.4) is 0 Å². The third kappa shape index (κ3) is 2.38. The average Bonchev–Trinajstić information content (AvgIpc) is 3.21. The van der Waals surface area contributed by atoms with Crippen LogP contribution in [0.4, 0.5) is 18.9 Å². The Kier molecular flexibility index (Phi) is 3.65. The Labute approximate surface area is 164 Å². The molecule has 6 nitrogen and oxygen atoms in total. The first-order valence-corrected chi connectivity index (χ1v) is 9.43. The topological polar surface area (TPSA) is 81.0 Å². The monoisotopic (exact) mass is 401 g/mol. The van der Waals surface area contributed by atoms with Gasteiger partial charge in [0.15, 0.2) is 0 Å². The van der Waals surface area contributed by atoms with Crippen LogP contribution in [0.15, 0.2) is 30.5 Å². The molecule has 1 amide bonds. The zero-order valence-electron chi connectivity index (χ0n) is 15.4. The molecular formula is C20H18F3N5O. The van der Waals surface area contributed by atoms with E-state index in [2.05, 4.69) is 21.7 Å². The number of benzene rings is 1. The number of hydrogen-bond acceptors (Lipinski definition) is 5. The zero-order valence-corrected chi connectivity index (χ0v) is 15.4. The highest BCUT2D eigenvalue weighted by Crippen LogP contribution is 2.75. The number of nitrogens with one attached hydrogen (secondary N) is 2. The van der Waals surface area contributed by atoms with E-state index in [1.165, 1.54) is 0 Å². The van der Waals surface area contributed by atoms with Crippen LogP contribution in [0.25, 0.3) is 10.9 Å². The molecule has 1 saturated carbocycles. The number of amides is 1. The number of nitriles is 1. The lowest BCUT2D eigenvalue weighted by atomic mass is 9.94. The minimum Gasteiger partial charge on any atom is -0.369 e. The Morgan fingerprint density at radius 2 is 2.10 bits per heavy atom. The van der Waals surface area contributed by atoms with Gasteiger partial charge in [-0.15, -0.1) is 0 Å². The highest BCUT2D eigenvalue weighted by atomic mass is 19.4.